The zero-order chi connectivity index (χ0) is 22.2. The van der Waals surface area contributed by atoms with Crippen LogP contribution in [0, 0.1) is 11.6 Å². The number of fused-ring (bicyclic) bond motifs is 1. The maximum atomic E-state index is 14.2. The Balaban J connectivity index is 1.47. The number of nitrogens with one attached hydrogen (secondary N) is 1. The molecule has 4 aromatic rings. The molecule has 7 nitrogen and oxygen atoms in total. The van der Waals surface area contributed by atoms with Gasteiger partial charge in [-0.1, -0.05) is 29.5 Å². The van der Waals surface area contributed by atoms with Crippen LogP contribution in [0.15, 0.2) is 53.3 Å². The average Bonchev–Trinajstić information content (AvgIpc) is 3.41. The van der Waals surface area contributed by atoms with Crippen LogP contribution in [-0.4, -0.2) is 32.5 Å². The second-order valence-corrected chi connectivity index (χ2v) is 8.29. The van der Waals surface area contributed by atoms with Gasteiger partial charge in [-0.2, -0.15) is 0 Å². The molecule has 10 heteroatoms. The molecular formula is C22H16F2N4O3S. The first kappa shape index (κ1) is 20.3. The second-order valence-electron chi connectivity index (χ2n) is 7.28. The summed E-state index contributed by atoms with van der Waals surface area (Å²) in [4.78, 5) is 38.4. The first-order valence-electron chi connectivity index (χ1n) is 9.89. The van der Waals surface area contributed by atoms with Crippen LogP contribution in [0.2, 0.25) is 0 Å². The van der Waals surface area contributed by atoms with Crippen molar-refractivity contribution in [2.75, 3.05) is 6.54 Å². The maximum Gasteiger partial charge on any atom is 0.415 e. The first-order chi connectivity index (χ1) is 15.5. The molecule has 1 N–H and O–H groups in total. The number of rotatable bonds is 3. The van der Waals surface area contributed by atoms with E-state index >= 15 is 0 Å². The van der Waals surface area contributed by atoms with Crippen LogP contribution in [0.5, 0.6) is 5.75 Å². The number of hydrogen-bond donors (Lipinski definition) is 1. The Labute approximate surface area is 184 Å². The van der Waals surface area contributed by atoms with Crippen LogP contribution in [-0.2, 0) is 0 Å². The number of carbonyl (C=O) groups is 1. The number of hydrogen-bond acceptors (Lipinski definition) is 6. The van der Waals surface area contributed by atoms with Crippen molar-refractivity contribution in [2.24, 2.45) is 0 Å². The van der Waals surface area contributed by atoms with Crippen LogP contribution in [0.25, 0.3) is 21.7 Å². The Morgan fingerprint density at radius 2 is 1.97 bits per heavy atom. The van der Waals surface area contributed by atoms with Gasteiger partial charge in [-0.25, -0.2) is 23.5 Å². The minimum Gasteiger partial charge on any atom is -0.410 e. The zero-order valence-electron chi connectivity index (χ0n) is 16.5. The summed E-state index contributed by atoms with van der Waals surface area (Å²) in [5, 5.41) is 0.553. The molecule has 0 spiro atoms. The topological polar surface area (TPSA) is 88.2 Å². The number of halogens is 2. The normalized spacial score (nSPS) is 15.9. The molecule has 32 heavy (non-hydrogen) atoms. The van der Waals surface area contributed by atoms with Crippen LogP contribution in [0.3, 0.4) is 0 Å². The van der Waals surface area contributed by atoms with E-state index in [1.165, 1.54) is 17.4 Å². The van der Waals surface area contributed by atoms with Crippen molar-refractivity contribution in [3.05, 3.63) is 75.5 Å². The number of aromatic nitrogens is 3. The molecule has 0 radical (unpaired) electrons. The minimum atomic E-state index is -0.831. The maximum absolute atomic E-state index is 14.2. The lowest BCUT2D eigenvalue weighted by molar-refractivity contribution is 0.147. The predicted octanol–water partition coefficient (Wildman–Crippen LogP) is 4.66. The highest BCUT2D eigenvalue weighted by Gasteiger charge is 2.34. The van der Waals surface area contributed by atoms with E-state index in [9.17, 15) is 18.4 Å². The minimum absolute atomic E-state index is 0.0121. The summed E-state index contributed by atoms with van der Waals surface area (Å²) in [5.41, 5.74) is -0.443. The number of carbonyl (C=O) groups excluding carboxylic acids is 1. The molecule has 2 aromatic carbocycles. The van der Waals surface area contributed by atoms with E-state index in [0.29, 0.717) is 28.6 Å². The number of aromatic amines is 1. The number of likely N-dealkylation sites (tertiary alicyclic amines) is 1. The summed E-state index contributed by atoms with van der Waals surface area (Å²) in [6.07, 6.45) is 0.940. The standard InChI is InChI=1S/C22H16F2N4O3S/c23-12-8-9-14(15(24)11-12)18-26-19(29)17-21(27-18)32-20(25-17)16-7-4-10-28(16)22(30)31-13-5-2-1-3-6-13/h1-3,5-6,8-9,11,16H,4,7,10H2,(H,26,27,29). The SMILES string of the molecule is O=C(Oc1ccccc1)N1CCCC1c1nc2c(=O)[nH]c(-c3ccc(F)cc3F)nc2s1. The highest BCUT2D eigenvalue weighted by atomic mass is 32.1. The van der Waals surface area contributed by atoms with Crippen molar-refractivity contribution in [3.63, 3.8) is 0 Å². The molecule has 1 saturated heterocycles. The fourth-order valence-electron chi connectivity index (χ4n) is 3.69. The molecular weight excluding hydrogens is 438 g/mol. The van der Waals surface area contributed by atoms with Gasteiger partial charge in [0.05, 0.1) is 11.6 Å². The van der Waals surface area contributed by atoms with Crippen LogP contribution in [0.1, 0.15) is 23.9 Å². The molecule has 0 aliphatic carbocycles. The van der Waals surface area contributed by atoms with Gasteiger partial charge in [0.15, 0.2) is 10.3 Å². The number of nitrogens with zero attached hydrogens (tertiary/aromatic N) is 3. The smallest absolute Gasteiger partial charge is 0.410 e. The van der Waals surface area contributed by atoms with Crippen molar-refractivity contribution in [3.8, 4) is 17.1 Å². The van der Waals surface area contributed by atoms with Gasteiger partial charge >= 0.3 is 6.09 Å². The number of benzene rings is 2. The zero-order valence-corrected chi connectivity index (χ0v) is 17.4. The van der Waals surface area contributed by atoms with Gasteiger partial charge in [0.1, 0.15) is 28.2 Å². The molecule has 3 heterocycles. The Kier molecular flexibility index (Phi) is 5.14. The highest BCUT2D eigenvalue weighted by Crippen LogP contribution is 2.36. The van der Waals surface area contributed by atoms with E-state index in [-0.39, 0.29) is 22.9 Å². The van der Waals surface area contributed by atoms with Crippen LogP contribution in [0.4, 0.5) is 13.6 Å². The van der Waals surface area contributed by atoms with Gasteiger partial charge < -0.3 is 9.72 Å². The lowest BCUT2D eigenvalue weighted by Crippen LogP contribution is -2.33. The lowest BCUT2D eigenvalue weighted by atomic mass is 10.2. The molecule has 1 fully saturated rings. The van der Waals surface area contributed by atoms with Crippen molar-refractivity contribution < 1.29 is 18.3 Å². The van der Waals surface area contributed by atoms with Crippen molar-refractivity contribution in [1.29, 1.82) is 0 Å². The van der Waals surface area contributed by atoms with Gasteiger partial charge in [0, 0.05) is 12.6 Å². The largest absolute Gasteiger partial charge is 0.415 e. The monoisotopic (exact) mass is 454 g/mol. The number of thiazole rings is 1. The van der Waals surface area contributed by atoms with E-state index in [0.717, 1.165) is 18.6 Å². The molecule has 5 rings (SSSR count). The molecule has 1 aliphatic heterocycles. The third-order valence-corrected chi connectivity index (χ3v) is 6.24. The predicted molar refractivity (Wildman–Crippen MR) is 115 cm³/mol. The van der Waals surface area contributed by atoms with Crippen molar-refractivity contribution >= 4 is 27.8 Å². The highest BCUT2D eigenvalue weighted by molar-refractivity contribution is 7.18. The van der Waals surface area contributed by atoms with Gasteiger partial charge in [-0.3, -0.25) is 9.69 Å². The third-order valence-electron chi connectivity index (χ3n) is 5.19. The van der Waals surface area contributed by atoms with Crippen molar-refractivity contribution in [2.45, 2.75) is 18.9 Å². The number of H-pyrrole nitrogens is 1. The van der Waals surface area contributed by atoms with E-state index in [2.05, 4.69) is 15.0 Å². The second kappa shape index (κ2) is 8.12. The molecule has 1 unspecified atom stereocenters. The molecule has 1 atom stereocenters. The molecule has 162 valence electrons. The van der Waals surface area contributed by atoms with E-state index in [1.807, 2.05) is 6.07 Å². The Morgan fingerprint density at radius 3 is 2.75 bits per heavy atom. The summed E-state index contributed by atoms with van der Waals surface area (Å²) in [7, 11) is 0. The summed E-state index contributed by atoms with van der Waals surface area (Å²) in [6.45, 7) is 0.502. The molecule has 0 bridgehead atoms. The first-order valence-corrected chi connectivity index (χ1v) is 10.7. The Hall–Kier alpha value is -3.66. The summed E-state index contributed by atoms with van der Waals surface area (Å²) >= 11 is 1.17. The van der Waals surface area contributed by atoms with Gasteiger partial charge in [0.2, 0.25) is 0 Å². The van der Waals surface area contributed by atoms with E-state index < -0.39 is 23.3 Å². The molecule has 1 aliphatic rings. The summed E-state index contributed by atoms with van der Waals surface area (Å²) in [5.74, 6) is -1.13. The molecule has 2 aromatic heterocycles. The van der Waals surface area contributed by atoms with Crippen LogP contribution >= 0.6 is 11.3 Å². The lowest BCUT2D eigenvalue weighted by Gasteiger charge is -2.22. The summed E-state index contributed by atoms with van der Waals surface area (Å²) in [6, 6.07) is 11.5. The fourth-order valence-corrected chi connectivity index (χ4v) is 4.78. The average molecular weight is 454 g/mol. The van der Waals surface area contributed by atoms with Crippen molar-refractivity contribution in [1.82, 2.24) is 19.9 Å². The summed E-state index contributed by atoms with van der Waals surface area (Å²) < 4.78 is 32.8. The van der Waals surface area contributed by atoms with E-state index in [1.54, 1.807) is 29.2 Å². The number of para-hydroxylation sites is 1. The van der Waals surface area contributed by atoms with Gasteiger partial charge in [-0.05, 0) is 37.1 Å². The fraction of sp³-hybridized carbons (Fsp3) is 0.182. The Bertz CT molecular complexity index is 1370. The Morgan fingerprint density at radius 1 is 1.16 bits per heavy atom. The number of amides is 1. The third kappa shape index (κ3) is 3.73. The molecule has 1 amide bonds. The van der Waals surface area contributed by atoms with Gasteiger partial charge in [-0.15, -0.1) is 0 Å². The van der Waals surface area contributed by atoms with Crippen LogP contribution < -0.4 is 10.3 Å². The van der Waals surface area contributed by atoms with E-state index in [4.69, 9.17) is 4.74 Å². The quantitative estimate of drug-likeness (QED) is 0.486. The number of ether oxygens (including phenoxy) is 1. The molecule has 0 saturated carbocycles. The van der Waals surface area contributed by atoms with Gasteiger partial charge in [0.25, 0.3) is 5.56 Å².